The molecule has 0 saturated carbocycles. The molecule has 0 amide bonds. The quantitative estimate of drug-likeness (QED) is 0.216. The number of allylic oxidation sites excluding steroid dienone is 4. The lowest BCUT2D eigenvalue weighted by Crippen LogP contribution is -2.43. The summed E-state index contributed by atoms with van der Waals surface area (Å²) in [5, 5.41) is 3.40. The first-order valence-electron chi connectivity index (χ1n) is 11.8. The fourth-order valence-electron chi connectivity index (χ4n) is 3.21. The van der Waals surface area contributed by atoms with Gasteiger partial charge in [-0.25, -0.2) is 0 Å². The first kappa shape index (κ1) is 28.6. The number of nitrogens with one attached hydrogen (secondary N) is 1. The number of carbonyl (C=O) groups is 2. The van der Waals surface area contributed by atoms with Gasteiger partial charge in [0.05, 0.1) is 12.1 Å². The largest absolute Gasteiger partial charge is 0.379 e. The van der Waals surface area contributed by atoms with Crippen LogP contribution >= 0.6 is 0 Å². The summed E-state index contributed by atoms with van der Waals surface area (Å²) in [4.78, 5) is 25.2. The minimum absolute atomic E-state index is 0. The van der Waals surface area contributed by atoms with E-state index in [4.69, 9.17) is 5.73 Å². The molecule has 0 bridgehead atoms. The predicted molar refractivity (Wildman–Crippen MR) is 134 cm³/mol. The van der Waals surface area contributed by atoms with Crippen molar-refractivity contribution < 1.29 is 12.4 Å². The highest BCUT2D eigenvalue weighted by Crippen LogP contribution is 2.25. The van der Waals surface area contributed by atoms with E-state index in [1.807, 2.05) is 54.5 Å². The Morgan fingerprint density at radius 1 is 0.933 bits per heavy atom. The second-order valence-corrected chi connectivity index (χ2v) is 9.81. The van der Waals surface area contributed by atoms with Crippen molar-refractivity contribution >= 4 is 11.6 Å². The second kappa shape index (κ2) is 13.8. The molecular weight excluding hydrogens is 372 g/mol. The number of nitrogens with two attached hydrogens (primary N) is 1. The molecule has 0 aromatic heterocycles. The van der Waals surface area contributed by atoms with Gasteiger partial charge in [-0.15, -0.1) is 0 Å². The average Bonchev–Trinajstić information content (AvgIpc) is 2.72. The number of rotatable bonds is 16. The zero-order valence-corrected chi connectivity index (χ0v) is 20.9. The summed E-state index contributed by atoms with van der Waals surface area (Å²) in [5.41, 5.74) is 6.51. The van der Waals surface area contributed by atoms with Gasteiger partial charge in [0.15, 0.2) is 11.6 Å². The average molecular weight is 425 g/mol. The molecule has 4 nitrogen and oxygen atoms in total. The maximum absolute atomic E-state index is 12.9. The first-order valence-corrected chi connectivity index (χ1v) is 11.8. The summed E-state index contributed by atoms with van der Waals surface area (Å²) in [6.45, 7) is 16.1. The molecule has 178 valence electrons. The Hall–Kier alpha value is -1.42. The van der Waals surface area contributed by atoms with Crippen molar-refractivity contribution in [3.05, 3.63) is 23.9 Å². The lowest BCUT2D eigenvalue weighted by atomic mass is 9.80. The monoisotopic (exact) mass is 424 g/mol. The van der Waals surface area contributed by atoms with Crippen LogP contribution in [0.3, 0.4) is 0 Å². The summed E-state index contributed by atoms with van der Waals surface area (Å²) in [7, 11) is 0. The van der Waals surface area contributed by atoms with E-state index >= 15 is 0 Å². The number of unbranched alkanes of at least 4 members (excludes halogenated alkanes) is 2. The molecule has 0 aliphatic rings. The van der Waals surface area contributed by atoms with Crippen LogP contribution in [-0.2, 0) is 9.59 Å². The van der Waals surface area contributed by atoms with Gasteiger partial charge in [-0.2, -0.15) is 0 Å². The molecule has 0 aromatic carbocycles. The summed E-state index contributed by atoms with van der Waals surface area (Å²) in [6.07, 6.45) is 13.4. The maximum atomic E-state index is 12.9. The van der Waals surface area contributed by atoms with Gasteiger partial charge in [0, 0.05) is 19.4 Å². The summed E-state index contributed by atoms with van der Waals surface area (Å²) >= 11 is 0. The van der Waals surface area contributed by atoms with Crippen LogP contribution in [0.4, 0.5) is 0 Å². The molecule has 0 aliphatic carbocycles. The van der Waals surface area contributed by atoms with Crippen molar-refractivity contribution in [3.63, 3.8) is 0 Å². The molecule has 0 spiro atoms. The van der Waals surface area contributed by atoms with E-state index in [0.29, 0.717) is 5.78 Å². The van der Waals surface area contributed by atoms with Crippen LogP contribution in [0.15, 0.2) is 23.9 Å². The minimum Gasteiger partial charge on any atom is -0.379 e. The van der Waals surface area contributed by atoms with E-state index in [9.17, 15) is 9.59 Å². The van der Waals surface area contributed by atoms with Gasteiger partial charge in [0.1, 0.15) is 0 Å². The Kier molecular flexibility index (Phi) is 13.1. The summed E-state index contributed by atoms with van der Waals surface area (Å²) in [6, 6.07) is -0.488. The molecule has 0 radical (unpaired) electrons. The van der Waals surface area contributed by atoms with Crippen molar-refractivity contribution in [2.45, 2.75) is 119 Å². The molecule has 0 rings (SSSR count). The number of hydrogen-bond acceptors (Lipinski definition) is 4. The third-order valence-electron chi connectivity index (χ3n) is 6.51. The first-order chi connectivity index (χ1) is 13.9. The summed E-state index contributed by atoms with van der Waals surface area (Å²) < 4.78 is 0. The highest BCUT2D eigenvalue weighted by molar-refractivity contribution is 5.89. The van der Waals surface area contributed by atoms with Crippen LogP contribution in [0.2, 0.25) is 0 Å². The van der Waals surface area contributed by atoms with E-state index in [2.05, 4.69) is 24.4 Å². The summed E-state index contributed by atoms with van der Waals surface area (Å²) in [5.74, 6) is 0.465. The Balaban J connectivity index is -0.00000420. The van der Waals surface area contributed by atoms with Crippen molar-refractivity contribution in [3.8, 4) is 0 Å². The van der Waals surface area contributed by atoms with Gasteiger partial charge in [-0.3, -0.25) is 9.59 Å². The number of Topliss-reactive ketones (excluding diaryl/α,β-unsaturated/α-hetero) is 2. The van der Waals surface area contributed by atoms with Crippen LogP contribution in [-0.4, -0.2) is 23.7 Å². The standard InChI is InChI=1S/C26H48N2O2.2H2/c1-9-20(4)28-22(24(30)26(7,8)11-3)19-17-15-13-12-14-16-18-21(27)23(29)25(5,6)10-2;;/h9,12-13,21-22,28H,10-11,14-19,27H2,1-8H3;2*1H/b13-12+,20-9?;;. The Morgan fingerprint density at radius 2 is 1.40 bits per heavy atom. The Labute approximate surface area is 189 Å². The molecule has 3 N–H and O–H groups in total. The fourth-order valence-corrected chi connectivity index (χ4v) is 3.21. The lowest BCUT2D eigenvalue weighted by Gasteiger charge is -2.28. The van der Waals surface area contributed by atoms with Crippen molar-refractivity contribution in [1.29, 1.82) is 0 Å². The second-order valence-electron chi connectivity index (χ2n) is 9.81. The van der Waals surface area contributed by atoms with Crippen LogP contribution in [0.5, 0.6) is 0 Å². The SMILES string of the molecule is CC=C(C)NC(CCC/C=C/CCCC(N)C(=O)C(C)(C)CC)C(=O)C(C)(C)CC.[HH].[HH]. The molecule has 0 aromatic rings. The molecule has 4 heteroatoms. The Bertz CT molecular complexity index is 599. The van der Waals surface area contributed by atoms with Gasteiger partial charge < -0.3 is 11.1 Å². The van der Waals surface area contributed by atoms with Gasteiger partial charge in [0.25, 0.3) is 0 Å². The molecule has 0 fully saturated rings. The normalized spacial score (nSPS) is 15.3. The maximum Gasteiger partial charge on any atom is 0.160 e. The van der Waals surface area contributed by atoms with E-state index < -0.39 is 0 Å². The van der Waals surface area contributed by atoms with E-state index in [-0.39, 0.29) is 31.6 Å². The highest BCUT2D eigenvalue weighted by atomic mass is 16.1. The zero-order chi connectivity index (χ0) is 23.4. The lowest BCUT2D eigenvalue weighted by molar-refractivity contribution is -0.129. The number of carbonyl (C=O) groups excluding carboxylic acids is 2. The van der Waals surface area contributed by atoms with Crippen LogP contribution in [0, 0.1) is 10.8 Å². The molecule has 0 aliphatic heterocycles. The zero-order valence-electron chi connectivity index (χ0n) is 20.9. The van der Waals surface area contributed by atoms with Gasteiger partial charge in [-0.1, -0.05) is 59.8 Å². The van der Waals surface area contributed by atoms with Gasteiger partial charge in [0.2, 0.25) is 0 Å². The van der Waals surface area contributed by atoms with Gasteiger partial charge >= 0.3 is 0 Å². The topological polar surface area (TPSA) is 72.2 Å². The third-order valence-corrected chi connectivity index (χ3v) is 6.51. The van der Waals surface area contributed by atoms with E-state index in [0.717, 1.165) is 57.1 Å². The van der Waals surface area contributed by atoms with Crippen LogP contribution in [0.25, 0.3) is 0 Å². The van der Waals surface area contributed by atoms with Crippen LogP contribution in [0.1, 0.15) is 110 Å². The number of ketones is 2. The predicted octanol–water partition coefficient (Wildman–Crippen LogP) is 6.60. The highest BCUT2D eigenvalue weighted by Gasteiger charge is 2.32. The van der Waals surface area contributed by atoms with Crippen molar-refractivity contribution in [2.75, 3.05) is 0 Å². The third kappa shape index (κ3) is 10.1. The molecule has 30 heavy (non-hydrogen) atoms. The fraction of sp³-hybridized carbons (Fsp3) is 0.769. The van der Waals surface area contributed by atoms with E-state index in [1.54, 1.807) is 0 Å². The van der Waals surface area contributed by atoms with Crippen molar-refractivity contribution in [1.82, 2.24) is 5.32 Å². The van der Waals surface area contributed by atoms with Crippen molar-refractivity contribution in [2.24, 2.45) is 16.6 Å². The molecule has 2 atom stereocenters. The Morgan fingerprint density at radius 3 is 1.87 bits per heavy atom. The molecule has 0 heterocycles. The molecule has 0 saturated heterocycles. The molecular formula is C26H52N2O2. The molecule has 2 unspecified atom stereocenters. The van der Waals surface area contributed by atoms with Crippen LogP contribution < -0.4 is 11.1 Å². The minimum atomic E-state index is -0.358. The smallest absolute Gasteiger partial charge is 0.160 e. The van der Waals surface area contributed by atoms with E-state index in [1.165, 1.54) is 0 Å². The van der Waals surface area contributed by atoms with Gasteiger partial charge in [-0.05, 0) is 65.2 Å². The number of hydrogen-bond donors (Lipinski definition) is 2.